The van der Waals surface area contributed by atoms with Gasteiger partial charge in [-0.25, -0.2) is 0 Å². The summed E-state index contributed by atoms with van der Waals surface area (Å²) in [7, 11) is 0. The van der Waals surface area contributed by atoms with Crippen molar-refractivity contribution in [1.82, 2.24) is 10.2 Å². The van der Waals surface area contributed by atoms with Crippen LogP contribution in [-0.4, -0.2) is 10.2 Å². The van der Waals surface area contributed by atoms with E-state index in [1.807, 2.05) is 5.10 Å². The number of fused-ring (bicyclic) bond motifs is 1. The highest BCUT2D eigenvalue weighted by atomic mass is 19.4. The molecule has 3 aromatic rings. The number of rotatable bonds is 1. The van der Waals surface area contributed by atoms with Crippen LogP contribution in [0.2, 0.25) is 0 Å². The van der Waals surface area contributed by atoms with Crippen LogP contribution in [-0.2, 0) is 6.18 Å². The zero-order valence-electron chi connectivity index (χ0n) is 8.95. The van der Waals surface area contributed by atoms with Gasteiger partial charge in [0.2, 0.25) is 0 Å². The highest BCUT2D eigenvalue weighted by molar-refractivity contribution is 5.92. The lowest BCUT2D eigenvalue weighted by Gasteiger charge is -1.99. The Morgan fingerprint density at radius 2 is 1.94 bits per heavy atom. The number of furan rings is 1. The summed E-state index contributed by atoms with van der Waals surface area (Å²) in [4.78, 5) is 0. The Kier molecular flexibility index (Phi) is 2.19. The maximum Gasteiger partial charge on any atom is 0.432 e. The van der Waals surface area contributed by atoms with Gasteiger partial charge in [-0.15, -0.1) is 0 Å². The topological polar surface area (TPSA) is 41.8 Å². The largest absolute Gasteiger partial charge is 0.464 e. The van der Waals surface area contributed by atoms with Crippen molar-refractivity contribution in [2.45, 2.75) is 6.18 Å². The molecule has 92 valence electrons. The molecular weight excluding hydrogens is 245 g/mol. The summed E-state index contributed by atoms with van der Waals surface area (Å²) in [5, 5.41) is 6.39. The molecule has 6 heteroatoms. The molecule has 0 aliphatic heterocycles. The summed E-state index contributed by atoms with van der Waals surface area (Å²) >= 11 is 0. The number of hydrogen-bond acceptors (Lipinski definition) is 2. The van der Waals surface area contributed by atoms with Crippen molar-refractivity contribution < 1.29 is 17.6 Å². The van der Waals surface area contributed by atoms with Gasteiger partial charge in [-0.05, 0) is 12.1 Å². The molecule has 0 aliphatic rings. The van der Waals surface area contributed by atoms with Crippen molar-refractivity contribution in [2.24, 2.45) is 0 Å². The van der Waals surface area contributed by atoms with E-state index in [0.29, 0.717) is 11.1 Å². The number of para-hydroxylation sites is 1. The highest BCUT2D eigenvalue weighted by Crippen LogP contribution is 2.33. The minimum atomic E-state index is -4.43. The molecule has 0 spiro atoms. The lowest BCUT2D eigenvalue weighted by Crippen LogP contribution is -2.04. The normalized spacial score (nSPS) is 12.2. The second kappa shape index (κ2) is 3.63. The standard InChI is InChI=1S/C12H7F3N2O/c13-12(14,15)11-5-9(16-17-11)8-6-18-10-4-2-1-3-7(8)10/h1-6H,(H,16,17). The summed E-state index contributed by atoms with van der Waals surface area (Å²) in [6.45, 7) is 0. The molecule has 0 atom stereocenters. The van der Waals surface area contributed by atoms with Gasteiger partial charge in [0, 0.05) is 10.9 Å². The number of aromatic amines is 1. The Hall–Kier alpha value is -2.24. The van der Waals surface area contributed by atoms with Crippen molar-refractivity contribution in [1.29, 1.82) is 0 Å². The molecule has 0 radical (unpaired) electrons. The van der Waals surface area contributed by atoms with E-state index in [9.17, 15) is 13.2 Å². The van der Waals surface area contributed by atoms with Crippen LogP contribution in [0.5, 0.6) is 0 Å². The maximum atomic E-state index is 12.5. The van der Waals surface area contributed by atoms with E-state index >= 15 is 0 Å². The van der Waals surface area contributed by atoms with Gasteiger partial charge < -0.3 is 4.42 Å². The van der Waals surface area contributed by atoms with E-state index in [1.165, 1.54) is 6.26 Å². The third-order valence-electron chi connectivity index (χ3n) is 2.64. The molecule has 0 saturated carbocycles. The highest BCUT2D eigenvalue weighted by Gasteiger charge is 2.33. The third kappa shape index (κ3) is 1.66. The molecule has 3 rings (SSSR count). The van der Waals surface area contributed by atoms with E-state index in [-0.39, 0.29) is 5.69 Å². The summed E-state index contributed by atoms with van der Waals surface area (Å²) < 4.78 is 42.6. The average Bonchev–Trinajstić information content (AvgIpc) is 2.94. The van der Waals surface area contributed by atoms with Crippen molar-refractivity contribution in [3.63, 3.8) is 0 Å². The number of benzene rings is 1. The maximum absolute atomic E-state index is 12.5. The fourth-order valence-corrected chi connectivity index (χ4v) is 1.78. The van der Waals surface area contributed by atoms with Gasteiger partial charge >= 0.3 is 6.18 Å². The molecule has 0 bridgehead atoms. The molecule has 1 N–H and O–H groups in total. The summed E-state index contributed by atoms with van der Waals surface area (Å²) in [6, 6.07) is 8.07. The molecule has 3 nitrogen and oxygen atoms in total. The zero-order valence-corrected chi connectivity index (χ0v) is 8.95. The van der Waals surface area contributed by atoms with Gasteiger partial charge in [0.25, 0.3) is 0 Å². The fourth-order valence-electron chi connectivity index (χ4n) is 1.78. The van der Waals surface area contributed by atoms with Crippen LogP contribution in [0, 0.1) is 0 Å². The van der Waals surface area contributed by atoms with Gasteiger partial charge in [-0.3, -0.25) is 5.10 Å². The molecule has 0 aliphatic carbocycles. The lowest BCUT2D eigenvalue weighted by atomic mass is 10.1. The van der Waals surface area contributed by atoms with Gasteiger partial charge in [-0.2, -0.15) is 18.3 Å². The quantitative estimate of drug-likeness (QED) is 0.714. The number of nitrogens with one attached hydrogen (secondary N) is 1. The monoisotopic (exact) mass is 252 g/mol. The van der Waals surface area contributed by atoms with Crippen LogP contribution in [0.25, 0.3) is 22.2 Å². The van der Waals surface area contributed by atoms with Gasteiger partial charge in [0.1, 0.15) is 17.5 Å². The summed E-state index contributed by atoms with van der Waals surface area (Å²) in [6.07, 6.45) is -3.02. The van der Waals surface area contributed by atoms with Crippen LogP contribution < -0.4 is 0 Å². The third-order valence-corrected chi connectivity index (χ3v) is 2.64. The second-order valence-electron chi connectivity index (χ2n) is 3.81. The first kappa shape index (κ1) is 10.9. The van der Waals surface area contributed by atoms with Crippen LogP contribution in [0.4, 0.5) is 13.2 Å². The number of aromatic nitrogens is 2. The molecule has 2 aromatic heterocycles. The molecule has 18 heavy (non-hydrogen) atoms. The number of nitrogens with zero attached hydrogens (tertiary/aromatic N) is 1. The Labute approximate surface area is 99.2 Å². The average molecular weight is 252 g/mol. The van der Waals surface area contributed by atoms with Gasteiger partial charge in [0.15, 0.2) is 0 Å². The fraction of sp³-hybridized carbons (Fsp3) is 0.0833. The Bertz CT molecular complexity index is 696. The van der Waals surface area contributed by atoms with E-state index < -0.39 is 11.9 Å². The van der Waals surface area contributed by atoms with Crippen LogP contribution in [0.15, 0.2) is 41.0 Å². The van der Waals surface area contributed by atoms with Gasteiger partial charge in [-0.1, -0.05) is 18.2 Å². The van der Waals surface area contributed by atoms with E-state index in [1.54, 1.807) is 24.3 Å². The number of hydrogen-bond donors (Lipinski definition) is 1. The first-order valence-electron chi connectivity index (χ1n) is 5.15. The zero-order chi connectivity index (χ0) is 12.8. The molecule has 0 unspecified atom stereocenters. The Balaban J connectivity index is 2.13. The minimum Gasteiger partial charge on any atom is -0.464 e. The Morgan fingerprint density at radius 1 is 1.17 bits per heavy atom. The minimum absolute atomic E-state index is 0.215. The number of halogens is 3. The van der Waals surface area contributed by atoms with Gasteiger partial charge in [0.05, 0.1) is 5.69 Å². The van der Waals surface area contributed by atoms with Crippen molar-refractivity contribution >= 4 is 11.0 Å². The van der Waals surface area contributed by atoms with E-state index in [0.717, 1.165) is 11.5 Å². The molecule has 1 aromatic carbocycles. The van der Waals surface area contributed by atoms with E-state index in [4.69, 9.17) is 4.42 Å². The predicted molar refractivity (Wildman–Crippen MR) is 58.8 cm³/mol. The van der Waals surface area contributed by atoms with Crippen LogP contribution in [0.3, 0.4) is 0 Å². The first-order chi connectivity index (χ1) is 8.55. The smallest absolute Gasteiger partial charge is 0.432 e. The first-order valence-corrected chi connectivity index (χ1v) is 5.15. The molecule has 0 fully saturated rings. The summed E-state index contributed by atoms with van der Waals surface area (Å²) in [5.74, 6) is 0. The van der Waals surface area contributed by atoms with Crippen molar-refractivity contribution in [3.8, 4) is 11.3 Å². The predicted octanol–water partition coefficient (Wildman–Crippen LogP) is 3.84. The molecular formula is C12H7F3N2O. The molecule has 0 saturated heterocycles. The number of H-pyrrole nitrogens is 1. The molecule has 2 heterocycles. The van der Waals surface area contributed by atoms with Crippen LogP contribution in [0.1, 0.15) is 5.69 Å². The Morgan fingerprint density at radius 3 is 2.67 bits per heavy atom. The number of alkyl halides is 3. The lowest BCUT2D eigenvalue weighted by molar-refractivity contribution is -0.141. The van der Waals surface area contributed by atoms with E-state index in [2.05, 4.69) is 5.10 Å². The second-order valence-corrected chi connectivity index (χ2v) is 3.81. The van der Waals surface area contributed by atoms with Crippen molar-refractivity contribution in [3.05, 3.63) is 42.3 Å². The molecule has 0 amide bonds. The van der Waals surface area contributed by atoms with Crippen molar-refractivity contribution in [2.75, 3.05) is 0 Å². The SMILES string of the molecule is FC(F)(F)c1cc(-c2coc3ccccc23)n[nH]1. The van der Waals surface area contributed by atoms with Crippen LogP contribution >= 0.6 is 0 Å². The summed E-state index contributed by atoms with van der Waals surface area (Å²) in [5.41, 5.74) is 0.497.